The summed E-state index contributed by atoms with van der Waals surface area (Å²) in [6, 6.07) is 0. The van der Waals surface area contributed by atoms with Crippen LogP contribution in [0.1, 0.15) is 97.2 Å². The van der Waals surface area contributed by atoms with E-state index in [-0.39, 0.29) is 10.8 Å². The van der Waals surface area contributed by atoms with Gasteiger partial charge in [0.2, 0.25) is 0 Å². The van der Waals surface area contributed by atoms with Crippen molar-refractivity contribution in [1.29, 1.82) is 0 Å². The van der Waals surface area contributed by atoms with Crippen molar-refractivity contribution in [2.24, 2.45) is 0 Å². The Morgan fingerprint density at radius 2 is 0.571 bits per heavy atom. The minimum Gasteiger partial charge on any atom is -0.0561 e. The Hall–Kier alpha value is -1.56. The minimum absolute atomic E-state index is 0.138. The molecule has 0 saturated carbocycles. The van der Waals surface area contributed by atoms with Gasteiger partial charge in [-0.2, -0.15) is 0 Å². The summed E-state index contributed by atoms with van der Waals surface area (Å²) >= 11 is 0. The Morgan fingerprint density at radius 3 is 0.929 bits per heavy atom. The molecule has 0 aliphatic rings. The van der Waals surface area contributed by atoms with Gasteiger partial charge in [0, 0.05) is 0 Å². The first-order valence-corrected chi connectivity index (χ1v) is 10.8. The molecule has 154 valence electrons. The van der Waals surface area contributed by atoms with Crippen molar-refractivity contribution in [2.45, 2.75) is 108 Å². The van der Waals surface area contributed by atoms with Crippen molar-refractivity contribution in [1.82, 2.24) is 0 Å². The molecule has 0 fully saturated rings. The van der Waals surface area contributed by atoms with Crippen molar-refractivity contribution in [3.05, 3.63) is 55.6 Å². The van der Waals surface area contributed by atoms with Gasteiger partial charge in [-0.05, 0) is 133 Å². The van der Waals surface area contributed by atoms with Gasteiger partial charge in [0.05, 0.1) is 0 Å². The SMILES string of the molecule is Cc1c(C)c(-c2c(C)c(C)c(C(C)(C)C)c(C)c2C)c(C)c(C(C)(C)C)c1C. The van der Waals surface area contributed by atoms with E-state index in [2.05, 4.69) is 96.9 Å². The highest BCUT2D eigenvalue weighted by Gasteiger charge is 2.28. The van der Waals surface area contributed by atoms with Crippen LogP contribution in [0.3, 0.4) is 0 Å². The van der Waals surface area contributed by atoms with Crippen molar-refractivity contribution in [3.8, 4) is 11.1 Å². The van der Waals surface area contributed by atoms with Crippen molar-refractivity contribution in [3.63, 3.8) is 0 Å². The highest BCUT2D eigenvalue weighted by atomic mass is 14.3. The molecule has 0 atom stereocenters. The molecule has 0 spiro atoms. The predicted molar refractivity (Wildman–Crippen MR) is 127 cm³/mol. The van der Waals surface area contributed by atoms with E-state index < -0.39 is 0 Å². The molecule has 0 nitrogen and oxygen atoms in total. The summed E-state index contributed by atoms with van der Waals surface area (Å²) in [6.45, 7) is 32.6. The normalized spacial score (nSPS) is 12.6. The predicted octanol–water partition coefficient (Wildman–Crippen LogP) is 8.42. The third-order valence-electron chi connectivity index (χ3n) is 7.00. The molecule has 0 heteroatoms. The second-order valence-corrected chi connectivity index (χ2v) is 11.0. The maximum absolute atomic E-state index is 2.35. The van der Waals surface area contributed by atoms with Gasteiger partial charge in [-0.25, -0.2) is 0 Å². The van der Waals surface area contributed by atoms with Crippen LogP contribution in [0.2, 0.25) is 0 Å². The number of benzene rings is 2. The molecule has 28 heavy (non-hydrogen) atoms. The summed E-state index contributed by atoms with van der Waals surface area (Å²) in [5.41, 5.74) is 17.9. The zero-order valence-corrected chi connectivity index (χ0v) is 21.0. The highest BCUT2D eigenvalue weighted by molar-refractivity contribution is 5.82. The van der Waals surface area contributed by atoms with Gasteiger partial charge < -0.3 is 0 Å². The van der Waals surface area contributed by atoms with Crippen LogP contribution < -0.4 is 0 Å². The van der Waals surface area contributed by atoms with Crippen molar-refractivity contribution in [2.75, 3.05) is 0 Å². The lowest BCUT2D eigenvalue weighted by Gasteiger charge is -2.33. The molecule has 2 aromatic rings. The van der Waals surface area contributed by atoms with Gasteiger partial charge >= 0.3 is 0 Å². The van der Waals surface area contributed by atoms with Crippen molar-refractivity contribution >= 4 is 0 Å². The largest absolute Gasteiger partial charge is 0.0561 e. The quantitative estimate of drug-likeness (QED) is 0.467. The van der Waals surface area contributed by atoms with Crippen LogP contribution in [0.5, 0.6) is 0 Å². The molecular formula is C28H42. The van der Waals surface area contributed by atoms with E-state index in [1.807, 2.05) is 0 Å². The van der Waals surface area contributed by atoms with Crippen LogP contribution in [0, 0.1) is 55.4 Å². The smallest absolute Gasteiger partial charge is 0.0114 e. The molecule has 0 bridgehead atoms. The van der Waals surface area contributed by atoms with E-state index in [1.165, 1.54) is 66.8 Å². The second-order valence-electron chi connectivity index (χ2n) is 11.0. The monoisotopic (exact) mass is 378 g/mol. The molecule has 0 aliphatic carbocycles. The van der Waals surface area contributed by atoms with Crippen molar-refractivity contribution < 1.29 is 0 Å². The maximum atomic E-state index is 2.35. The van der Waals surface area contributed by atoms with Crippen LogP contribution in [0.25, 0.3) is 11.1 Å². The number of hydrogen-bond acceptors (Lipinski definition) is 0. The van der Waals surface area contributed by atoms with Gasteiger partial charge in [-0.3, -0.25) is 0 Å². The molecule has 2 rings (SSSR count). The van der Waals surface area contributed by atoms with E-state index >= 15 is 0 Å². The molecule has 0 N–H and O–H groups in total. The molecule has 0 unspecified atom stereocenters. The van der Waals surface area contributed by atoms with Gasteiger partial charge in [-0.1, -0.05) is 41.5 Å². The summed E-state index contributed by atoms with van der Waals surface area (Å²) in [4.78, 5) is 0. The molecule has 0 aliphatic heterocycles. The fraction of sp³-hybridized carbons (Fsp3) is 0.571. The lowest BCUT2D eigenvalue weighted by molar-refractivity contribution is 0.580. The highest BCUT2D eigenvalue weighted by Crippen LogP contribution is 2.45. The van der Waals surface area contributed by atoms with E-state index in [0.717, 1.165) is 0 Å². The Morgan fingerprint density at radius 1 is 0.321 bits per heavy atom. The lowest BCUT2D eigenvalue weighted by atomic mass is 9.72. The Kier molecular flexibility index (Phi) is 5.72. The first-order chi connectivity index (χ1) is 12.5. The summed E-state index contributed by atoms with van der Waals surface area (Å²) in [6.07, 6.45) is 0. The molecule has 0 saturated heterocycles. The van der Waals surface area contributed by atoms with Crippen LogP contribution in [0.15, 0.2) is 0 Å². The number of hydrogen-bond donors (Lipinski definition) is 0. The van der Waals surface area contributed by atoms with Gasteiger partial charge in [-0.15, -0.1) is 0 Å². The van der Waals surface area contributed by atoms with Crippen LogP contribution >= 0.6 is 0 Å². The fourth-order valence-electron chi connectivity index (χ4n) is 5.66. The fourth-order valence-corrected chi connectivity index (χ4v) is 5.66. The molecule has 0 amide bonds. The average molecular weight is 379 g/mol. The third kappa shape index (κ3) is 3.44. The molecule has 2 aromatic carbocycles. The molecule has 0 heterocycles. The topological polar surface area (TPSA) is 0 Å². The first-order valence-electron chi connectivity index (χ1n) is 10.8. The van der Waals surface area contributed by atoms with E-state index in [9.17, 15) is 0 Å². The molecular weight excluding hydrogens is 336 g/mol. The molecule has 0 aromatic heterocycles. The first kappa shape index (κ1) is 22.7. The van der Waals surface area contributed by atoms with Gasteiger partial charge in [0.15, 0.2) is 0 Å². The lowest BCUT2D eigenvalue weighted by Crippen LogP contribution is -2.19. The zero-order chi connectivity index (χ0) is 21.9. The van der Waals surface area contributed by atoms with E-state index in [4.69, 9.17) is 0 Å². The maximum Gasteiger partial charge on any atom is -0.0114 e. The van der Waals surface area contributed by atoms with Gasteiger partial charge in [0.25, 0.3) is 0 Å². The third-order valence-corrected chi connectivity index (χ3v) is 7.00. The summed E-state index contributed by atoms with van der Waals surface area (Å²) in [7, 11) is 0. The summed E-state index contributed by atoms with van der Waals surface area (Å²) in [5, 5.41) is 0. The minimum atomic E-state index is 0.138. The zero-order valence-electron chi connectivity index (χ0n) is 21.0. The van der Waals surface area contributed by atoms with E-state index in [0.29, 0.717) is 0 Å². The van der Waals surface area contributed by atoms with Gasteiger partial charge in [0.1, 0.15) is 0 Å². The van der Waals surface area contributed by atoms with Crippen LogP contribution in [-0.2, 0) is 10.8 Å². The summed E-state index contributed by atoms with van der Waals surface area (Å²) in [5.74, 6) is 0. The Labute approximate surface area is 174 Å². The Bertz CT molecular complexity index is 909. The standard InChI is InChI=1S/C28H42/c1-15-16(2)24(22(8)26(19(15)5)28(12,13)14)23-17(3)20(6)25(27(9,10)11)21(7)18(23)4/h1-14H3. The summed E-state index contributed by atoms with van der Waals surface area (Å²) < 4.78 is 0. The van der Waals surface area contributed by atoms with Crippen LogP contribution in [0.4, 0.5) is 0 Å². The second kappa shape index (κ2) is 7.05. The number of rotatable bonds is 1. The Balaban J connectivity index is 3.09. The van der Waals surface area contributed by atoms with Crippen LogP contribution in [-0.4, -0.2) is 0 Å². The molecule has 0 radical (unpaired) electrons. The average Bonchev–Trinajstić information content (AvgIpc) is 2.51. The van der Waals surface area contributed by atoms with E-state index in [1.54, 1.807) is 0 Å².